The van der Waals surface area contributed by atoms with E-state index in [2.05, 4.69) is 5.32 Å². The molecule has 0 atom stereocenters. The molecule has 0 unspecified atom stereocenters. The second-order valence-electron chi connectivity index (χ2n) is 5.16. The van der Waals surface area contributed by atoms with Crippen molar-refractivity contribution in [3.05, 3.63) is 33.9 Å². The number of hydrogen-bond acceptors (Lipinski definition) is 4. The third kappa shape index (κ3) is 4.09. The molecule has 1 aromatic rings. The van der Waals surface area contributed by atoms with E-state index in [4.69, 9.17) is 5.11 Å². The van der Waals surface area contributed by atoms with Crippen LogP contribution in [0.2, 0.25) is 0 Å². The summed E-state index contributed by atoms with van der Waals surface area (Å²) in [7, 11) is 0. The number of alkyl halides is 3. The monoisotopic (exact) mass is 292 g/mol. The third-order valence-electron chi connectivity index (χ3n) is 2.70. The van der Waals surface area contributed by atoms with Gasteiger partial charge in [0.15, 0.2) is 0 Å². The molecule has 0 heterocycles. The lowest BCUT2D eigenvalue weighted by atomic mass is 9.95. The van der Waals surface area contributed by atoms with Gasteiger partial charge >= 0.3 is 6.18 Å². The van der Waals surface area contributed by atoms with E-state index in [1.54, 1.807) is 13.8 Å². The number of nitrogens with zero attached hydrogens (tertiary/aromatic N) is 1. The summed E-state index contributed by atoms with van der Waals surface area (Å²) in [5.41, 5.74) is -2.68. The van der Waals surface area contributed by atoms with Crippen LogP contribution in [-0.4, -0.2) is 23.2 Å². The average Bonchev–Trinajstić information content (AvgIpc) is 2.35. The van der Waals surface area contributed by atoms with Gasteiger partial charge in [-0.05, 0) is 12.1 Å². The van der Waals surface area contributed by atoms with E-state index >= 15 is 0 Å². The number of hydrogen-bond donors (Lipinski definition) is 2. The minimum Gasteiger partial charge on any atom is -0.396 e. The van der Waals surface area contributed by atoms with Gasteiger partial charge in [0, 0.05) is 30.3 Å². The highest BCUT2D eigenvalue weighted by Gasteiger charge is 2.38. The van der Waals surface area contributed by atoms with Crippen LogP contribution in [0, 0.1) is 15.5 Å². The second kappa shape index (κ2) is 5.66. The van der Waals surface area contributed by atoms with Crippen molar-refractivity contribution in [3.8, 4) is 0 Å². The Kier molecular flexibility index (Phi) is 4.59. The van der Waals surface area contributed by atoms with Crippen LogP contribution in [0.15, 0.2) is 18.2 Å². The summed E-state index contributed by atoms with van der Waals surface area (Å²) in [4.78, 5) is 9.53. The van der Waals surface area contributed by atoms with Crippen molar-refractivity contribution in [1.82, 2.24) is 0 Å². The number of aliphatic hydroxyl groups excluding tert-OH is 1. The van der Waals surface area contributed by atoms with Gasteiger partial charge in [-0.2, -0.15) is 13.2 Å². The van der Waals surface area contributed by atoms with Crippen LogP contribution in [0.5, 0.6) is 0 Å². The Morgan fingerprint density at radius 2 is 1.95 bits per heavy atom. The fourth-order valence-corrected chi connectivity index (χ4v) is 1.43. The van der Waals surface area contributed by atoms with Gasteiger partial charge in [0.25, 0.3) is 5.69 Å². The lowest BCUT2D eigenvalue weighted by Crippen LogP contribution is -2.26. The van der Waals surface area contributed by atoms with Crippen molar-refractivity contribution in [3.63, 3.8) is 0 Å². The van der Waals surface area contributed by atoms with Gasteiger partial charge in [-0.3, -0.25) is 10.1 Å². The van der Waals surface area contributed by atoms with Crippen molar-refractivity contribution in [2.75, 3.05) is 18.5 Å². The maximum Gasteiger partial charge on any atom is 0.423 e. The SMILES string of the molecule is CC(C)(CO)CNc1ccc([N+](=O)[O-])c(C(F)(F)F)c1. The predicted octanol–water partition coefficient (Wildman–Crippen LogP) is 3.04. The first-order valence-electron chi connectivity index (χ1n) is 5.77. The molecule has 0 saturated carbocycles. The quantitative estimate of drug-likeness (QED) is 0.646. The number of benzene rings is 1. The highest BCUT2D eigenvalue weighted by molar-refractivity contribution is 5.55. The van der Waals surface area contributed by atoms with Gasteiger partial charge < -0.3 is 10.4 Å². The number of halogens is 3. The molecule has 0 aliphatic carbocycles. The van der Waals surface area contributed by atoms with Gasteiger partial charge in [0.2, 0.25) is 0 Å². The maximum absolute atomic E-state index is 12.8. The molecule has 0 radical (unpaired) electrons. The summed E-state index contributed by atoms with van der Waals surface area (Å²) < 4.78 is 38.3. The van der Waals surface area contributed by atoms with E-state index < -0.39 is 27.8 Å². The Bertz CT molecular complexity index is 501. The molecule has 0 aromatic heterocycles. The van der Waals surface area contributed by atoms with Gasteiger partial charge in [-0.1, -0.05) is 13.8 Å². The zero-order chi connectivity index (χ0) is 15.6. The lowest BCUT2D eigenvalue weighted by Gasteiger charge is -2.22. The molecule has 1 rings (SSSR count). The third-order valence-corrected chi connectivity index (χ3v) is 2.70. The summed E-state index contributed by atoms with van der Waals surface area (Å²) >= 11 is 0. The minimum absolute atomic E-state index is 0.115. The Labute approximate surface area is 113 Å². The second-order valence-corrected chi connectivity index (χ2v) is 5.16. The van der Waals surface area contributed by atoms with Crippen LogP contribution < -0.4 is 5.32 Å². The average molecular weight is 292 g/mol. The van der Waals surface area contributed by atoms with Crippen LogP contribution in [0.3, 0.4) is 0 Å². The molecule has 0 spiro atoms. The van der Waals surface area contributed by atoms with Gasteiger partial charge in [0.05, 0.1) is 4.92 Å². The molecule has 0 bridgehead atoms. The Morgan fingerprint density at radius 3 is 2.40 bits per heavy atom. The molecule has 8 heteroatoms. The van der Waals surface area contributed by atoms with Crippen molar-refractivity contribution >= 4 is 11.4 Å². The fraction of sp³-hybridized carbons (Fsp3) is 0.500. The first-order valence-corrected chi connectivity index (χ1v) is 5.77. The molecule has 0 saturated heterocycles. The molecule has 1 aromatic carbocycles. The van der Waals surface area contributed by atoms with E-state index in [0.29, 0.717) is 6.07 Å². The summed E-state index contributed by atoms with van der Waals surface area (Å²) in [5, 5.41) is 22.4. The largest absolute Gasteiger partial charge is 0.423 e. The molecule has 0 amide bonds. The minimum atomic E-state index is -4.80. The molecule has 112 valence electrons. The molecule has 20 heavy (non-hydrogen) atoms. The van der Waals surface area contributed by atoms with E-state index in [1.165, 1.54) is 6.07 Å². The highest BCUT2D eigenvalue weighted by Crippen LogP contribution is 2.37. The van der Waals surface area contributed by atoms with Crippen molar-refractivity contribution in [1.29, 1.82) is 0 Å². The summed E-state index contributed by atoms with van der Waals surface area (Å²) in [6, 6.07) is 2.73. The lowest BCUT2D eigenvalue weighted by molar-refractivity contribution is -0.388. The Morgan fingerprint density at radius 1 is 1.35 bits per heavy atom. The Hall–Kier alpha value is -1.83. The highest BCUT2D eigenvalue weighted by atomic mass is 19.4. The Balaban J connectivity index is 3.05. The molecular formula is C12H15F3N2O3. The number of nitrogens with one attached hydrogen (secondary N) is 1. The maximum atomic E-state index is 12.8. The van der Waals surface area contributed by atoms with Crippen LogP contribution >= 0.6 is 0 Å². The van der Waals surface area contributed by atoms with Crippen LogP contribution in [0.4, 0.5) is 24.5 Å². The molecule has 0 aliphatic rings. The van der Waals surface area contributed by atoms with E-state index in [-0.39, 0.29) is 18.8 Å². The number of rotatable bonds is 5. The smallest absolute Gasteiger partial charge is 0.396 e. The summed E-state index contributed by atoms with van der Waals surface area (Å²) in [6.45, 7) is 3.56. The van der Waals surface area contributed by atoms with Crippen molar-refractivity contribution in [2.45, 2.75) is 20.0 Å². The van der Waals surface area contributed by atoms with Crippen LogP contribution in [0.1, 0.15) is 19.4 Å². The molecule has 0 aliphatic heterocycles. The van der Waals surface area contributed by atoms with Gasteiger partial charge in [0.1, 0.15) is 5.56 Å². The summed E-state index contributed by atoms with van der Waals surface area (Å²) in [5.74, 6) is 0. The molecule has 2 N–H and O–H groups in total. The first kappa shape index (κ1) is 16.2. The predicted molar refractivity (Wildman–Crippen MR) is 67.5 cm³/mol. The number of nitro benzene ring substituents is 1. The topological polar surface area (TPSA) is 75.4 Å². The van der Waals surface area contributed by atoms with E-state index in [0.717, 1.165) is 6.07 Å². The molecule has 5 nitrogen and oxygen atoms in total. The van der Waals surface area contributed by atoms with E-state index in [9.17, 15) is 23.3 Å². The van der Waals surface area contributed by atoms with Crippen molar-refractivity contribution < 1.29 is 23.2 Å². The van der Waals surface area contributed by atoms with Crippen molar-refractivity contribution in [2.24, 2.45) is 5.41 Å². The number of nitro groups is 1. The summed E-state index contributed by atoms with van der Waals surface area (Å²) in [6.07, 6.45) is -4.80. The normalized spacial score (nSPS) is 12.3. The van der Waals surface area contributed by atoms with E-state index in [1.807, 2.05) is 0 Å². The fourth-order valence-electron chi connectivity index (χ4n) is 1.43. The molecule has 0 fully saturated rings. The number of aliphatic hydroxyl groups is 1. The van der Waals surface area contributed by atoms with Gasteiger partial charge in [-0.15, -0.1) is 0 Å². The van der Waals surface area contributed by atoms with Crippen LogP contribution in [-0.2, 0) is 6.18 Å². The number of anilines is 1. The van der Waals surface area contributed by atoms with Crippen LogP contribution in [0.25, 0.3) is 0 Å². The standard InChI is InChI=1S/C12H15F3N2O3/c1-11(2,7-18)6-16-8-3-4-10(17(19)20)9(5-8)12(13,14)15/h3-5,16,18H,6-7H2,1-2H3. The first-order chi connectivity index (χ1) is 9.07. The molecular weight excluding hydrogens is 277 g/mol. The van der Waals surface area contributed by atoms with Gasteiger partial charge in [-0.25, -0.2) is 0 Å². The zero-order valence-electron chi connectivity index (χ0n) is 11.0. The zero-order valence-corrected chi connectivity index (χ0v) is 11.0.